The summed E-state index contributed by atoms with van der Waals surface area (Å²) in [5.74, 6) is -0.171. The van der Waals surface area contributed by atoms with Gasteiger partial charge in [0.15, 0.2) is 0 Å². The Hall–Kier alpha value is -0.650. The van der Waals surface area contributed by atoms with Gasteiger partial charge in [-0.3, -0.25) is 10.1 Å². The minimum atomic E-state index is -0.748. The maximum Gasteiger partial charge on any atom is 0.217 e. The number of nitrogens with one attached hydrogen (secondary N) is 2. The summed E-state index contributed by atoms with van der Waals surface area (Å²) in [5, 5.41) is 15.1. The highest BCUT2D eigenvalue weighted by Crippen LogP contribution is 2.10. The zero-order chi connectivity index (χ0) is 10.0. The van der Waals surface area contributed by atoms with Crippen molar-refractivity contribution in [3.63, 3.8) is 0 Å². The molecule has 4 atom stereocenters. The molecule has 13 heavy (non-hydrogen) atoms. The fourth-order valence-electron chi connectivity index (χ4n) is 1.67. The molecule has 1 heterocycles. The molecule has 1 rings (SSSR count). The van der Waals surface area contributed by atoms with Crippen molar-refractivity contribution in [2.45, 2.75) is 44.6 Å². The molecule has 0 aromatic rings. The van der Waals surface area contributed by atoms with E-state index >= 15 is 0 Å². The smallest absolute Gasteiger partial charge is 0.217 e. The average Bonchev–Trinajstić information content (AvgIpc) is 1.96. The van der Waals surface area contributed by atoms with E-state index < -0.39 is 6.23 Å². The zero-order valence-corrected chi connectivity index (χ0v) is 7.95. The molecule has 1 aliphatic heterocycles. The van der Waals surface area contributed by atoms with E-state index in [1.807, 2.05) is 6.92 Å². The van der Waals surface area contributed by atoms with Crippen LogP contribution in [0.1, 0.15) is 20.3 Å². The second kappa shape index (κ2) is 4.04. The fourth-order valence-corrected chi connectivity index (χ4v) is 1.67. The Bertz CT molecular complexity index is 186. The predicted molar refractivity (Wildman–Crippen MR) is 48.8 cm³/mol. The van der Waals surface area contributed by atoms with E-state index in [9.17, 15) is 9.90 Å². The Kier molecular flexibility index (Phi) is 3.24. The Morgan fingerprint density at radius 1 is 1.69 bits per heavy atom. The first-order valence-corrected chi connectivity index (χ1v) is 4.47. The van der Waals surface area contributed by atoms with Gasteiger partial charge in [-0.05, 0) is 13.3 Å². The first-order valence-electron chi connectivity index (χ1n) is 4.47. The predicted octanol–water partition coefficient (Wildman–Crippen LogP) is -1.48. The summed E-state index contributed by atoms with van der Waals surface area (Å²) in [5.41, 5.74) is 5.79. The molecule has 76 valence electrons. The van der Waals surface area contributed by atoms with E-state index in [4.69, 9.17) is 5.73 Å². The van der Waals surface area contributed by atoms with Gasteiger partial charge in [0.1, 0.15) is 6.23 Å². The normalized spacial score (nSPS) is 40.0. The zero-order valence-electron chi connectivity index (χ0n) is 7.95. The van der Waals surface area contributed by atoms with Gasteiger partial charge in [0, 0.05) is 19.0 Å². The van der Waals surface area contributed by atoms with E-state index in [0.717, 1.165) is 6.42 Å². The van der Waals surface area contributed by atoms with Crippen LogP contribution in [0.5, 0.6) is 0 Å². The molecule has 0 bridgehead atoms. The van der Waals surface area contributed by atoms with Crippen molar-refractivity contribution in [2.24, 2.45) is 5.73 Å². The number of piperidine rings is 1. The van der Waals surface area contributed by atoms with Crippen LogP contribution >= 0.6 is 0 Å². The quantitative estimate of drug-likeness (QED) is 0.403. The summed E-state index contributed by atoms with van der Waals surface area (Å²) in [6.45, 7) is 3.37. The first-order chi connectivity index (χ1) is 6.00. The molecule has 1 saturated heterocycles. The molecule has 0 saturated carbocycles. The van der Waals surface area contributed by atoms with Gasteiger partial charge in [0.05, 0.1) is 6.04 Å². The first kappa shape index (κ1) is 10.4. The minimum Gasteiger partial charge on any atom is -0.376 e. The SMILES string of the molecule is CC(=O)NC1C(N)CC(C)NC1O. The van der Waals surface area contributed by atoms with Crippen LogP contribution < -0.4 is 16.4 Å². The molecule has 5 N–H and O–H groups in total. The monoisotopic (exact) mass is 187 g/mol. The van der Waals surface area contributed by atoms with Crippen molar-refractivity contribution in [3.8, 4) is 0 Å². The number of hydrogen-bond acceptors (Lipinski definition) is 4. The lowest BCUT2D eigenvalue weighted by molar-refractivity contribution is -0.121. The maximum atomic E-state index is 10.8. The second-order valence-corrected chi connectivity index (χ2v) is 3.64. The van der Waals surface area contributed by atoms with Gasteiger partial charge in [0.25, 0.3) is 0 Å². The number of carbonyl (C=O) groups is 1. The molecule has 0 aliphatic carbocycles. The van der Waals surface area contributed by atoms with Gasteiger partial charge in [-0.2, -0.15) is 0 Å². The molecule has 4 unspecified atom stereocenters. The maximum absolute atomic E-state index is 10.8. The van der Waals surface area contributed by atoms with Crippen LogP contribution in [0.4, 0.5) is 0 Å². The van der Waals surface area contributed by atoms with Crippen LogP contribution in [0.25, 0.3) is 0 Å². The van der Waals surface area contributed by atoms with E-state index in [1.54, 1.807) is 0 Å². The largest absolute Gasteiger partial charge is 0.376 e. The molecular weight excluding hydrogens is 170 g/mol. The lowest BCUT2D eigenvalue weighted by atomic mass is 9.95. The highest BCUT2D eigenvalue weighted by molar-refractivity contribution is 5.73. The van der Waals surface area contributed by atoms with Crippen molar-refractivity contribution < 1.29 is 9.90 Å². The Morgan fingerprint density at radius 2 is 2.31 bits per heavy atom. The molecule has 5 nitrogen and oxygen atoms in total. The van der Waals surface area contributed by atoms with E-state index in [-0.39, 0.29) is 24.0 Å². The van der Waals surface area contributed by atoms with E-state index in [1.165, 1.54) is 6.92 Å². The van der Waals surface area contributed by atoms with Crippen molar-refractivity contribution in [3.05, 3.63) is 0 Å². The molecule has 0 spiro atoms. The topological polar surface area (TPSA) is 87.4 Å². The molecule has 0 aromatic carbocycles. The lowest BCUT2D eigenvalue weighted by Crippen LogP contribution is -2.64. The van der Waals surface area contributed by atoms with E-state index in [2.05, 4.69) is 10.6 Å². The van der Waals surface area contributed by atoms with Crippen molar-refractivity contribution in [1.29, 1.82) is 0 Å². The highest BCUT2D eigenvalue weighted by Gasteiger charge is 2.33. The molecule has 1 aliphatic rings. The number of nitrogens with two attached hydrogens (primary N) is 1. The van der Waals surface area contributed by atoms with Crippen LogP contribution in [-0.4, -0.2) is 35.4 Å². The summed E-state index contributed by atoms with van der Waals surface area (Å²) in [6, 6.07) is -0.376. The number of aliphatic hydroxyl groups excluding tert-OH is 1. The number of rotatable bonds is 1. The standard InChI is InChI=1S/C8H17N3O2/c1-4-3-6(9)7(8(13)10-4)11-5(2)12/h4,6-8,10,13H,3,9H2,1-2H3,(H,11,12). The van der Waals surface area contributed by atoms with Crippen LogP contribution in [0.15, 0.2) is 0 Å². The third-order valence-electron chi connectivity index (χ3n) is 2.25. The fraction of sp³-hybridized carbons (Fsp3) is 0.875. The summed E-state index contributed by atoms with van der Waals surface area (Å²) in [7, 11) is 0. The van der Waals surface area contributed by atoms with Gasteiger partial charge < -0.3 is 16.2 Å². The van der Waals surface area contributed by atoms with Crippen molar-refractivity contribution in [1.82, 2.24) is 10.6 Å². The van der Waals surface area contributed by atoms with Crippen molar-refractivity contribution in [2.75, 3.05) is 0 Å². The van der Waals surface area contributed by atoms with Gasteiger partial charge in [0.2, 0.25) is 5.91 Å². The molecule has 0 radical (unpaired) electrons. The molecule has 5 heteroatoms. The molecule has 0 aromatic heterocycles. The second-order valence-electron chi connectivity index (χ2n) is 3.64. The van der Waals surface area contributed by atoms with Crippen LogP contribution in [0, 0.1) is 0 Å². The highest BCUT2D eigenvalue weighted by atomic mass is 16.3. The number of hydrogen-bond donors (Lipinski definition) is 4. The summed E-state index contributed by atoms with van der Waals surface area (Å²) < 4.78 is 0. The minimum absolute atomic E-state index is 0.171. The van der Waals surface area contributed by atoms with Gasteiger partial charge in [-0.25, -0.2) is 0 Å². The molecule has 1 amide bonds. The summed E-state index contributed by atoms with van der Waals surface area (Å²) >= 11 is 0. The van der Waals surface area contributed by atoms with Crippen molar-refractivity contribution >= 4 is 5.91 Å². The van der Waals surface area contributed by atoms with Crippen LogP contribution in [-0.2, 0) is 4.79 Å². The Labute approximate surface area is 77.7 Å². The number of aliphatic hydroxyl groups is 1. The summed E-state index contributed by atoms with van der Waals surface area (Å²) in [6.07, 6.45) is 0.00444. The van der Waals surface area contributed by atoms with Crippen LogP contribution in [0.2, 0.25) is 0 Å². The average molecular weight is 187 g/mol. The third-order valence-corrected chi connectivity index (χ3v) is 2.25. The Morgan fingerprint density at radius 3 is 2.77 bits per heavy atom. The van der Waals surface area contributed by atoms with Crippen LogP contribution in [0.3, 0.4) is 0 Å². The molecular formula is C8H17N3O2. The van der Waals surface area contributed by atoms with Gasteiger partial charge in [-0.15, -0.1) is 0 Å². The lowest BCUT2D eigenvalue weighted by Gasteiger charge is -2.37. The van der Waals surface area contributed by atoms with Gasteiger partial charge >= 0.3 is 0 Å². The third kappa shape index (κ3) is 2.65. The molecule has 1 fully saturated rings. The summed E-state index contributed by atoms with van der Waals surface area (Å²) in [4.78, 5) is 10.8. The Balaban J connectivity index is 2.56. The van der Waals surface area contributed by atoms with E-state index in [0.29, 0.717) is 0 Å². The number of amides is 1. The van der Waals surface area contributed by atoms with Gasteiger partial charge in [-0.1, -0.05) is 0 Å². The number of carbonyl (C=O) groups excluding carboxylic acids is 1.